The van der Waals surface area contributed by atoms with Crippen LogP contribution in [0.15, 0.2) is 63.8 Å². The number of ether oxygens (including phenoxy) is 2. The zero-order valence-electron chi connectivity index (χ0n) is 16.4. The van der Waals surface area contributed by atoms with Gasteiger partial charge in [-0.1, -0.05) is 36.3 Å². The van der Waals surface area contributed by atoms with Crippen molar-refractivity contribution in [1.29, 1.82) is 0 Å². The maximum Gasteiger partial charge on any atom is 0.336 e. The Bertz CT molecular complexity index is 1190. The number of allylic oxidation sites excluding steroid dienone is 2. The molecule has 0 bridgehead atoms. The zero-order chi connectivity index (χ0) is 21.4. The highest BCUT2D eigenvalue weighted by Gasteiger charge is 2.42. The first-order chi connectivity index (χ1) is 14.5. The monoisotopic (exact) mass is 463 g/mol. The fraction of sp³-hybridized carbons (Fsp3) is 0.167. The number of Topliss-reactive ketones (excluding diaryl/α,β-unsaturated/α-hetero) is 1. The smallest absolute Gasteiger partial charge is 0.336 e. The van der Waals surface area contributed by atoms with E-state index in [1.54, 1.807) is 12.1 Å². The minimum atomic E-state index is -0.577. The lowest BCUT2D eigenvalue weighted by molar-refractivity contribution is -0.136. The molecular weight excluding hydrogens is 446 g/mol. The summed E-state index contributed by atoms with van der Waals surface area (Å²) in [5.41, 5.74) is 4.54. The van der Waals surface area contributed by atoms with Gasteiger partial charge >= 0.3 is 5.97 Å². The van der Waals surface area contributed by atoms with Crippen molar-refractivity contribution in [1.82, 2.24) is 5.32 Å². The Morgan fingerprint density at radius 2 is 1.97 bits per heavy atom. The van der Waals surface area contributed by atoms with Crippen LogP contribution in [0.2, 0.25) is 0 Å². The van der Waals surface area contributed by atoms with Gasteiger partial charge in [0, 0.05) is 28.3 Å². The van der Waals surface area contributed by atoms with Crippen LogP contribution in [-0.2, 0) is 9.53 Å². The lowest BCUT2D eigenvalue weighted by Gasteiger charge is -2.29. The Morgan fingerprint density at radius 3 is 2.63 bits per heavy atom. The molecule has 0 saturated carbocycles. The van der Waals surface area contributed by atoms with Gasteiger partial charge in [0.05, 0.1) is 22.9 Å². The largest absolute Gasteiger partial charge is 0.480 e. The van der Waals surface area contributed by atoms with Gasteiger partial charge in [-0.2, -0.15) is 0 Å². The van der Waals surface area contributed by atoms with E-state index in [4.69, 9.17) is 15.9 Å². The number of rotatable bonds is 4. The van der Waals surface area contributed by atoms with Crippen LogP contribution in [0.25, 0.3) is 5.70 Å². The fourth-order valence-corrected chi connectivity index (χ4v) is 4.49. The standard InChI is InChI=1S/C24H18BrNO4/c1-4-11-30-18-10-9-14(12-17(18)25)20-19(24(28)29-3)13(2)26-22-15-7-5-6-8-16(15)23(27)21(20)22/h1,5-10,12,20,26H,11H2,2-3H3. The number of hydrogen-bond acceptors (Lipinski definition) is 5. The third kappa shape index (κ3) is 3.12. The molecule has 30 heavy (non-hydrogen) atoms. The van der Waals surface area contributed by atoms with Crippen LogP contribution < -0.4 is 10.1 Å². The molecule has 1 aliphatic heterocycles. The van der Waals surface area contributed by atoms with Gasteiger partial charge in [0.25, 0.3) is 0 Å². The first-order valence-electron chi connectivity index (χ1n) is 9.28. The highest BCUT2D eigenvalue weighted by Crippen LogP contribution is 2.47. The van der Waals surface area contributed by atoms with E-state index < -0.39 is 11.9 Å². The SMILES string of the molecule is C#CCOc1ccc(C2C(C(=O)OC)=C(C)NC3=C2C(=O)c2ccccc23)cc1Br. The maximum atomic E-state index is 13.3. The summed E-state index contributed by atoms with van der Waals surface area (Å²) in [6.07, 6.45) is 5.27. The fourth-order valence-electron chi connectivity index (χ4n) is 3.98. The van der Waals surface area contributed by atoms with Crippen molar-refractivity contribution < 1.29 is 19.1 Å². The summed E-state index contributed by atoms with van der Waals surface area (Å²) >= 11 is 3.51. The molecule has 1 atom stereocenters. The minimum Gasteiger partial charge on any atom is -0.480 e. The second-order valence-electron chi connectivity index (χ2n) is 6.93. The molecule has 4 rings (SSSR count). The number of terminal acetylenes is 1. The number of benzene rings is 2. The van der Waals surface area contributed by atoms with Crippen molar-refractivity contribution in [2.75, 3.05) is 13.7 Å². The van der Waals surface area contributed by atoms with E-state index in [9.17, 15) is 9.59 Å². The summed E-state index contributed by atoms with van der Waals surface area (Å²) in [5.74, 6) is 1.85. The second kappa shape index (κ2) is 7.85. The van der Waals surface area contributed by atoms with E-state index >= 15 is 0 Å². The number of ketones is 1. The van der Waals surface area contributed by atoms with Gasteiger partial charge in [0.1, 0.15) is 12.4 Å². The van der Waals surface area contributed by atoms with Crippen LogP contribution in [-0.4, -0.2) is 25.5 Å². The Labute approximate surface area is 182 Å². The molecule has 0 fully saturated rings. The third-order valence-electron chi connectivity index (χ3n) is 5.25. The Morgan fingerprint density at radius 1 is 1.23 bits per heavy atom. The molecule has 1 aliphatic carbocycles. The van der Waals surface area contributed by atoms with Crippen molar-refractivity contribution in [2.24, 2.45) is 0 Å². The lowest BCUT2D eigenvalue weighted by Crippen LogP contribution is -2.29. The molecule has 0 radical (unpaired) electrons. The average molecular weight is 464 g/mol. The van der Waals surface area contributed by atoms with Crippen molar-refractivity contribution in [3.63, 3.8) is 0 Å². The molecule has 2 aromatic rings. The quantitative estimate of drug-likeness (QED) is 0.543. The molecule has 0 amide bonds. The summed E-state index contributed by atoms with van der Waals surface area (Å²) in [6, 6.07) is 12.9. The zero-order valence-corrected chi connectivity index (χ0v) is 18.0. The number of esters is 1. The Kier molecular flexibility index (Phi) is 5.23. The molecule has 150 valence electrons. The molecule has 1 N–H and O–H groups in total. The number of dihydropyridines is 1. The summed E-state index contributed by atoms with van der Waals surface area (Å²) in [4.78, 5) is 26.0. The van der Waals surface area contributed by atoms with Crippen LogP contribution in [0.5, 0.6) is 5.75 Å². The molecule has 0 spiro atoms. The molecule has 0 aromatic heterocycles. The number of carbonyl (C=O) groups excluding carboxylic acids is 2. The Hall–Kier alpha value is -3.30. The van der Waals surface area contributed by atoms with E-state index in [1.807, 2.05) is 37.3 Å². The number of halogens is 1. The van der Waals surface area contributed by atoms with Crippen molar-refractivity contribution >= 4 is 33.4 Å². The van der Waals surface area contributed by atoms with Crippen LogP contribution in [0, 0.1) is 12.3 Å². The van der Waals surface area contributed by atoms with E-state index in [0.29, 0.717) is 32.6 Å². The van der Waals surface area contributed by atoms with Gasteiger partial charge in [-0.3, -0.25) is 4.79 Å². The van der Waals surface area contributed by atoms with Gasteiger partial charge in [0.15, 0.2) is 5.78 Å². The van der Waals surface area contributed by atoms with Crippen LogP contribution in [0.3, 0.4) is 0 Å². The topological polar surface area (TPSA) is 64.6 Å². The van der Waals surface area contributed by atoms with Gasteiger partial charge in [0.2, 0.25) is 0 Å². The molecule has 2 aliphatic rings. The maximum absolute atomic E-state index is 13.3. The summed E-state index contributed by atoms with van der Waals surface area (Å²) < 4.78 is 11.3. The van der Waals surface area contributed by atoms with Crippen LogP contribution >= 0.6 is 15.9 Å². The van der Waals surface area contributed by atoms with Gasteiger partial charge in [-0.15, -0.1) is 6.42 Å². The van der Waals surface area contributed by atoms with Gasteiger partial charge in [-0.05, 0) is 40.5 Å². The Balaban J connectivity index is 1.89. The molecular formula is C24H18BrNO4. The highest BCUT2D eigenvalue weighted by molar-refractivity contribution is 9.10. The van der Waals surface area contributed by atoms with E-state index in [1.165, 1.54) is 7.11 Å². The second-order valence-corrected chi connectivity index (χ2v) is 7.79. The molecule has 0 saturated heterocycles. The number of carbonyl (C=O) groups is 2. The number of hydrogen-bond donors (Lipinski definition) is 1. The predicted molar refractivity (Wildman–Crippen MR) is 117 cm³/mol. The molecule has 1 unspecified atom stereocenters. The van der Waals surface area contributed by atoms with E-state index in [2.05, 4.69) is 27.2 Å². The number of methoxy groups -OCH3 is 1. The van der Waals surface area contributed by atoms with E-state index in [-0.39, 0.29) is 12.4 Å². The number of nitrogens with one attached hydrogen (secondary N) is 1. The summed E-state index contributed by atoms with van der Waals surface area (Å²) in [7, 11) is 1.33. The minimum absolute atomic E-state index is 0.101. The molecule has 6 heteroatoms. The van der Waals surface area contributed by atoms with Crippen molar-refractivity contribution in [2.45, 2.75) is 12.8 Å². The highest BCUT2D eigenvalue weighted by atomic mass is 79.9. The average Bonchev–Trinajstić information content (AvgIpc) is 3.03. The summed E-state index contributed by atoms with van der Waals surface area (Å²) in [6.45, 7) is 1.95. The van der Waals surface area contributed by atoms with Gasteiger partial charge in [-0.25, -0.2) is 4.79 Å². The molecule has 5 nitrogen and oxygen atoms in total. The van der Waals surface area contributed by atoms with Crippen molar-refractivity contribution in [3.8, 4) is 18.1 Å². The first-order valence-corrected chi connectivity index (χ1v) is 10.1. The molecule has 1 heterocycles. The lowest BCUT2D eigenvalue weighted by atomic mass is 9.80. The summed E-state index contributed by atoms with van der Waals surface area (Å²) in [5, 5.41) is 3.26. The van der Waals surface area contributed by atoms with Crippen molar-refractivity contribution in [3.05, 3.63) is 80.5 Å². The number of fused-ring (bicyclic) bond motifs is 2. The molecule has 2 aromatic carbocycles. The third-order valence-corrected chi connectivity index (χ3v) is 5.87. The van der Waals surface area contributed by atoms with Gasteiger partial charge < -0.3 is 14.8 Å². The van der Waals surface area contributed by atoms with Crippen LogP contribution in [0.1, 0.15) is 34.3 Å². The normalized spacial score (nSPS) is 17.1. The van der Waals surface area contributed by atoms with E-state index in [0.717, 1.165) is 16.8 Å². The first kappa shape index (κ1) is 20.0. The van der Waals surface area contributed by atoms with Crippen LogP contribution in [0.4, 0.5) is 0 Å². The predicted octanol–water partition coefficient (Wildman–Crippen LogP) is 4.20.